The molecule has 0 saturated heterocycles. The van der Waals surface area contributed by atoms with Gasteiger partial charge in [0.25, 0.3) is 0 Å². The highest BCUT2D eigenvalue weighted by atomic mass is 16.5. The third-order valence-electron chi connectivity index (χ3n) is 3.04. The van der Waals surface area contributed by atoms with Crippen molar-refractivity contribution >= 4 is 0 Å². The van der Waals surface area contributed by atoms with E-state index in [1.165, 1.54) is 12.1 Å². The van der Waals surface area contributed by atoms with E-state index in [1.807, 2.05) is 0 Å². The monoisotopic (exact) mass is 275 g/mol. The van der Waals surface area contributed by atoms with Crippen LogP contribution in [0.4, 0.5) is 0 Å². The summed E-state index contributed by atoms with van der Waals surface area (Å²) in [5.41, 5.74) is 0.670. The maximum atomic E-state index is 11.0. The largest absolute Gasteiger partial charge is 0.493 e. The van der Waals surface area contributed by atoms with Crippen LogP contribution < -0.4 is 14.9 Å². The number of pyridine rings is 1. The van der Waals surface area contributed by atoms with Gasteiger partial charge in [-0.1, -0.05) is 6.07 Å². The SMILES string of the molecule is COc1ccc(C(O)Cn2ccc(=O)cc2)cc1OC. The minimum absolute atomic E-state index is 0.0538. The third kappa shape index (κ3) is 3.19. The molecular formula is C15H17NO4. The number of aliphatic hydroxyl groups excluding tert-OH is 1. The van der Waals surface area contributed by atoms with Gasteiger partial charge < -0.3 is 19.1 Å². The molecule has 1 aromatic carbocycles. The van der Waals surface area contributed by atoms with Gasteiger partial charge >= 0.3 is 0 Å². The predicted octanol–water partition coefficient (Wildman–Crippen LogP) is 1.60. The molecule has 1 aromatic heterocycles. The van der Waals surface area contributed by atoms with Crippen molar-refractivity contribution in [1.29, 1.82) is 0 Å². The van der Waals surface area contributed by atoms with E-state index < -0.39 is 6.10 Å². The van der Waals surface area contributed by atoms with Crippen LogP contribution in [0.2, 0.25) is 0 Å². The Kier molecular flexibility index (Phi) is 4.42. The lowest BCUT2D eigenvalue weighted by Crippen LogP contribution is -2.10. The summed E-state index contributed by atoms with van der Waals surface area (Å²) in [5, 5.41) is 10.2. The number of hydrogen-bond donors (Lipinski definition) is 1. The van der Waals surface area contributed by atoms with E-state index in [0.717, 1.165) is 5.56 Å². The van der Waals surface area contributed by atoms with E-state index in [-0.39, 0.29) is 5.43 Å². The molecule has 0 radical (unpaired) electrons. The molecule has 106 valence electrons. The molecular weight excluding hydrogens is 258 g/mol. The molecule has 0 aliphatic carbocycles. The molecule has 0 aliphatic rings. The number of rotatable bonds is 5. The lowest BCUT2D eigenvalue weighted by molar-refractivity contribution is 0.156. The highest BCUT2D eigenvalue weighted by Gasteiger charge is 2.11. The number of aliphatic hydroxyl groups is 1. The zero-order valence-corrected chi connectivity index (χ0v) is 11.4. The Morgan fingerprint density at radius 1 is 1.10 bits per heavy atom. The summed E-state index contributed by atoms with van der Waals surface area (Å²) in [7, 11) is 3.12. The van der Waals surface area contributed by atoms with Gasteiger partial charge in [-0.2, -0.15) is 0 Å². The number of benzene rings is 1. The molecule has 0 amide bonds. The van der Waals surface area contributed by atoms with Crippen LogP contribution in [-0.2, 0) is 6.54 Å². The summed E-state index contributed by atoms with van der Waals surface area (Å²) >= 11 is 0. The van der Waals surface area contributed by atoms with Crippen LogP contribution in [-0.4, -0.2) is 23.9 Å². The fourth-order valence-electron chi connectivity index (χ4n) is 1.93. The third-order valence-corrected chi connectivity index (χ3v) is 3.04. The molecule has 0 saturated carbocycles. The number of ether oxygens (including phenoxy) is 2. The molecule has 0 bridgehead atoms. The average Bonchev–Trinajstić information content (AvgIpc) is 2.48. The summed E-state index contributed by atoms with van der Waals surface area (Å²) in [5.74, 6) is 1.19. The van der Waals surface area contributed by atoms with Gasteiger partial charge in [0.2, 0.25) is 0 Å². The van der Waals surface area contributed by atoms with E-state index in [1.54, 1.807) is 49.4 Å². The van der Waals surface area contributed by atoms with Gasteiger partial charge in [0.05, 0.1) is 26.9 Å². The van der Waals surface area contributed by atoms with Crippen molar-refractivity contribution in [3.8, 4) is 11.5 Å². The zero-order valence-electron chi connectivity index (χ0n) is 11.4. The summed E-state index contributed by atoms with van der Waals surface area (Å²) < 4.78 is 12.1. The Hall–Kier alpha value is -2.27. The number of nitrogens with zero attached hydrogens (tertiary/aromatic N) is 1. The van der Waals surface area contributed by atoms with Gasteiger partial charge in [0.1, 0.15) is 0 Å². The lowest BCUT2D eigenvalue weighted by Gasteiger charge is -2.15. The standard InChI is InChI=1S/C15H17NO4/c1-19-14-4-3-11(9-15(14)20-2)13(18)10-16-7-5-12(17)6-8-16/h3-9,13,18H,10H2,1-2H3. The molecule has 1 heterocycles. The Bertz CT molecular complexity index is 616. The van der Waals surface area contributed by atoms with Gasteiger partial charge in [-0.3, -0.25) is 4.79 Å². The second kappa shape index (κ2) is 6.25. The van der Waals surface area contributed by atoms with Crippen molar-refractivity contribution in [2.24, 2.45) is 0 Å². The fourth-order valence-corrected chi connectivity index (χ4v) is 1.93. The van der Waals surface area contributed by atoms with Crippen LogP contribution in [0.15, 0.2) is 47.5 Å². The second-order valence-electron chi connectivity index (χ2n) is 4.36. The van der Waals surface area contributed by atoms with Crippen LogP contribution in [0, 0.1) is 0 Å². The molecule has 5 nitrogen and oxygen atoms in total. The summed E-state index contributed by atoms with van der Waals surface area (Å²) in [4.78, 5) is 11.0. The first kappa shape index (κ1) is 14.1. The molecule has 1 unspecified atom stereocenters. The highest BCUT2D eigenvalue weighted by Crippen LogP contribution is 2.30. The van der Waals surface area contributed by atoms with E-state index >= 15 is 0 Å². The highest BCUT2D eigenvalue weighted by molar-refractivity contribution is 5.43. The Labute approximate surface area is 117 Å². The van der Waals surface area contributed by atoms with Crippen molar-refractivity contribution in [3.05, 3.63) is 58.5 Å². The molecule has 0 aliphatic heterocycles. The zero-order chi connectivity index (χ0) is 14.5. The molecule has 0 spiro atoms. The number of methoxy groups -OCH3 is 2. The van der Waals surface area contributed by atoms with Crippen molar-refractivity contribution in [1.82, 2.24) is 4.57 Å². The molecule has 20 heavy (non-hydrogen) atoms. The maximum Gasteiger partial charge on any atom is 0.181 e. The smallest absolute Gasteiger partial charge is 0.181 e. The van der Waals surface area contributed by atoms with Crippen LogP contribution in [0.1, 0.15) is 11.7 Å². The van der Waals surface area contributed by atoms with Gasteiger partial charge in [0, 0.05) is 24.5 Å². The molecule has 2 aromatic rings. The normalized spacial score (nSPS) is 11.9. The predicted molar refractivity (Wildman–Crippen MR) is 75.2 cm³/mol. The van der Waals surface area contributed by atoms with Gasteiger partial charge in [-0.15, -0.1) is 0 Å². The van der Waals surface area contributed by atoms with E-state index in [4.69, 9.17) is 9.47 Å². The van der Waals surface area contributed by atoms with E-state index in [9.17, 15) is 9.90 Å². The van der Waals surface area contributed by atoms with E-state index in [0.29, 0.717) is 18.0 Å². The average molecular weight is 275 g/mol. The minimum Gasteiger partial charge on any atom is -0.493 e. The van der Waals surface area contributed by atoms with Crippen molar-refractivity contribution in [3.63, 3.8) is 0 Å². The minimum atomic E-state index is -0.697. The summed E-state index contributed by atoms with van der Waals surface area (Å²) in [6.45, 7) is 0.357. The van der Waals surface area contributed by atoms with Crippen LogP contribution in [0.5, 0.6) is 11.5 Å². The Balaban J connectivity index is 2.18. The van der Waals surface area contributed by atoms with Crippen molar-refractivity contribution in [2.45, 2.75) is 12.6 Å². The molecule has 0 fully saturated rings. The maximum absolute atomic E-state index is 11.0. The lowest BCUT2D eigenvalue weighted by atomic mass is 10.1. The molecule has 1 N–H and O–H groups in total. The summed E-state index contributed by atoms with van der Waals surface area (Å²) in [6, 6.07) is 8.20. The molecule has 2 rings (SSSR count). The Morgan fingerprint density at radius 2 is 1.75 bits per heavy atom. The second-order valence-corrected chi connectivity index (χ2v) is 4.36. The number of aromatic nitrogens is 1. The first-order valence-corrected chi connectivity index (χ1v) is 6.20. The number of hydrogen-bond acceptors (Lipinski definition) is 4. The topological polar surface area (TPSA) is 60.7 Å². The van der Waals surface area contributed by atoms with E-state index in [2.05, 4.69) is 0 Å². The van der Waals surface area contributed by atoms with Gasteiger partial charge in [-0.05, 0) is 17.7 Å². The quantitative estimate of drug-likeness (QED) is 0.900. The van der Waals surface area contributed by atoms with Crippen molar-refractivity contribution in [2.75, 3.05) is 14.2 Å². The molecule has 1 atom stereocenters. The first-order valence-electron chi connectivity index (χ1n) is 6.20. The molecule has 5 heteroatoms. The van der Waals surface area contributed by atoms with Crippen LogP contribution in [0.25, 0.3) is 0 Å². The Morgan fingerprint density at radius 3 is 2.35 bits per heavy atom. The van der Waals surface area contributed by atoms with Gasteiger partial charge in [0.15, 0.2) is 16.9 Å². The van der Waals surface area contributed by atoms with Crippen molar-refractivity contribution < 1.29 is 14.6 Å². The fraction of sp³-hybridized carbons (Fsp3) is 0.267. The van der Waals surface area contributed by atoms with Crippen LogP contribution in [0.3, 0.4) is 0 Å². The van der Waals surface area contributed by atoms with Gasteiger partial charge in [-0.25, -0.2) is 0 Å². The first-order chi connectivity index (χ1) is 9.63. The summed E-state index contributed by atoms with van der Waals surface area (Å²) in [6.07, 6.45) is 2.59. The van der Waals surface area contributed by atoms with Crippen LogP contribution >= 0.6 is 0 Å².